The van der Waals surface area contributed by atoms with Crippen LogP contribution in [0.2, 0.25) is 0 Å². The molecule has 0 saturated heterocycles. The molecule has 0 spiro atoms. The van der Waals surface area contributed by atoms with E-state index in [2.05, 4.69) is 84.0 Å². The second-order valence-corrected chi connectivity index (χ2v) is 12.3. The molecule has 0 bridgehead atoms. The van der Waals surface area contributed by atoms with Crippen molar-refractivity contribution in [3.05, 3.63) is 119 Å². The van der Waals surface area contributed by atoms with E-state index < -0.39 is 0 Å². The minimum Gasteiger partial charge on any atom is -0.381 e. The van der Waals surface area contributed by atoms with Crippen LogP contribution < -0.4 is 10.6 Å². The predicted octanol–water partition coefficient (Wildman–Crippen LogP) is 7.84. The average molecular weight is 665 g/mol. The quantitative estimate of drug-likeness (QED) is 0.0551. The summed E-state index contributed by atoms with van der Waals surface area (Å²) < 4.78 is 11.2. The second-order valence-electron chi connectivity index (χ2n) is 11.3. The molecule has 0 aliphatic carbocycles. The van der Waals surface area contributed by atoms with Crippen LogP contribution in [0, 0.1) is 0 Å². The first-order chi connectivity index (χ1) is 22.4. The van der Waals surface area contributed by atoms with Crippen molar-refractivity contribution in [3.63, 3.8) is 0 Å². The second kappa shape index (κ2) is 22.6. The van der Waals surface area contributed by atoms with E-state index in [1.807, 2.05) is 49.6 Å². The Bertz CT molecular complexity index is 1350. The molecule has 1 unspecified atom stereocenters. The molecule has 9 heteroatoms. The molecule has 0 aromatic carbocycles. The summed E-state index contributed by atoms with van der Waals surface area (Å²) in [6.07, 6.45) is 17.6. The van der Waals surface area contributed by atoms with Crippen molar-refractivity contribution in [2.45, 2.75) is 59.7 Å². The zero-order valence-corrected chi connectivity index (χ0v) is 30.6. The van der Waals surface area contributed by atoms with Gasteiger partial charge >= 0.3 is 0 Å². The molecule has 258 valence electrons. The predicted molar refractivity (Wildman–Crippen MR) is 202 cm³/mol. The maximum Gasteiger partial charge on any atom is 0.246 e. The van der Waals surface area contributed by atoms with Gasteiger partial charge in [-0.25, -0.2) is 4.39 Å². The van der Waals surface area contributed by atoms with Crippen LogP contribution in [0.3, 0.4) is 0 Å². The number of carbonyl (C=O) groups excluding carboxylic acids is 1. The summed E-state index contributed by atoms with van der Waals surface area (Å²) in [6.45, 7) is 26.8. The first-order valence-corrected chi connectivity index (χ1v) is 17.1. The molecule has 2 rings (SSSR count). The van der Waals surface area contributed by atoms with Gasteiger partial charge in [-0.15, -0.1) is 11.3 Å². The van der Waals surface area contributed by atoms with E-state index in [9.17, 15) is 9.18 Å². The normalized spacial score (nSPS) is 14.2. The van der Waals surface area contributed by atoms with Gasteiger partial charge in [0.15, 0.2) is 0 Å². The average Bonchev–Trinajstić information content (AvgIpc) is 3.48. The number of amides is 1. The van der Waals surface area contributed by atoms with Gasteiger partial charge in [0.25, 0.3) is 0 Å². The van der Waals surface area contributed by atoms with Crippen molar-refractivity contribution >= 4 is 23.6 Å². The van der Waals surface area contributed by atoms with E-state index in [4.69, 9.17) is 0 Å². The lowest BCUT2D eigenvalue weighted by Gasteiger charge is -2.31. The molecule has 0 saturated carbocycles. The summed E-state index contributed by atoms with van der Waals surface area (Å²) in [4.78, 5) is 24.5. The number of aliphatic imine (C=N–C) groups is 1. The third kappa shape index (κ3) is 15.0. The minimum atomic E-state index is -0.245. The third-order valence-corrected chi connectivity index (χ3v) is 8.48. The molecule has 1 amide bonds. The van der Waals surface area contributed by atoms with Crippen LogP contribution in [0.4, 0.5) is 4.39 Å². The summed E-state index contributed by atoms with van der Waals surface area (Å²) >= 11 is 1.72. The molecular formula is C38H57FN6OS. The number of allylic oxidation sites excluding steroid dienone is 6. The summed E-state index contributed by atoms with van der Waals surface area (Å²) in [5.41, 5.74) is 6.24. The van der Waals surface area contributed by atoms with Crippen molar-refractivity contribution in [1.82, 2.24) is 25.3 Å². The van der Waals surface area contributed by atoms with Crippen molar-refractivity contribution in [2.75, 3.05) is 47.3 Å². The zero-order chi connectivity index (χ0) is 35.4. The molecule has 0 radical (unpaired) electrons. The molecular weight excluding hydrogens is 608 g/mol. The highest BCUT2D eigenvalue weighted by molar-refractivity contribution is 7.10. The molecule has 1 aromatic heterocycles. The molecule has 1 aliphatic rings. The highest BCUT2D eigenvalue weighted by Gasteiger charge is 2.27. The number of rotatable bonds is 18. The van der Waals surface area contributed by atoms with Crippen LogP contribution in [0.15, 0.2) is 108 Å². The van der Waals surface area contributed by atoms with Crippen LogP contribution in [-0.2, 0) is 17.8 Å². The highest BCUT2D eigenvalue weighted by atomic mass is 32.1. The Kier molecular flexibility index (Phi) is 19.7. The highest BCUT2D eigenvalue weighted by Crippen LogP contribution is 2.33. The number of halogens is 1. The summed E-state index contributed by atoms with van der Waals surface area (Å²) in [5.74, 6) is -0.170. The standard InChI is InChI=1S/C34H50N6OS.C4H7F/c1-10-13-15-26(4)22-36-31(27(5)11-2)18-17-28(6)37-34(39(9)25-35-7)30-24-42-32-23-40(21-19-29(30)32)33(41)16-14-20-38(8)12-3;1-3-4(2)5/h11,13-18,24-25,34,36-37H,2,4-5,10,12,19-23H2,1,3,6-9H3;2-3H2,1H3/b15-13-,16-14+,28-17+,31-18+,35-25?;. The van der Waals surface area contributed by atoms with Crippen LogP contribution in [0.5, 0.6) is 0 Å². The van der Waals surface area contributed by atoms with Crippen LogP contribution >= 0.6 is 11.3 Å². The number of nitrogens with one attached hydrogen (secondary N) is 2. The van der Waals surface area contributed by atoms with Gasteiger partial charge in [-0.1, -0.05) is 71.4 Å². The van der Waals surface area contributed by atoms with Gasteiger partial charge in [0, 0.05) is 61.6 Å². The molecule has 1 aliphatic heterocycles. The molecule has 0 fully saturated rings. The van der Waals surface area contributed by atoms with Gasteiger partial charge in [0.05, 0.1) is 18.7 Å². The number of fused-ring (bicyclic) bond motifs is 1. The van der Waals surface area contributed by atoms with Crippen molar-refractivity contribution in [1.29, 1.82) is 0 Å². The van der Waals surface area contributed by atoms with Crippen molar-refractivity contribution < 1.29 is 9.18 Å². The molecule has 7 nitrogen and oxygen atoms in total. The van der Waals surface area contributed by atoms with Gasteiger partial charge < -0.3 is 25.3 Å². The summed E-state index contributed by atoms with van der Waals surface area (Å²) in [7, 11) is 5.85. The van der Waals surface area contributed by atoms with E-state index >= 15 is 0 Å². The fourth-order valence-electron chi connectivity index (χ4n) is 4.40. The van der Waals surface area contributed by atoms with Crippen molar-refractivity contribution in [2.24, 2.45) is 4.99 Å². The number of carbonyl (C=O) groups is 1. The molecule has 2 heterocycles. The minimum absolute atomic E-state index is 0.0751. The molecule has 47 heavy (non-hydrogen) atoms. The van der Waals surface area contributed by atoms with Gasteiger partial charge in [-0.2, -0.15) is 0 Å². The van der Waals surface area contributed by atoms with E-state index in [1.54, 1.807) is 37.5 Å². The summed E-state index contributed by atoms with van der Waals surface area (Å²) in [6, 6.07) is 0. The fraction of sp³-hybridized carbons (Fsp3) is 0.421. The lowest BCUT2D eigenvalue weighted by Crippen LogP contribution is -2.37. The Hall–Kier alpha value is -3.95. The lowest BCUT2D eigenvalue weighted by atomic mass is 10.0. The molecule has 1 atom stereocenters. The summed E-state index contributed by atoms with van der Waals surface area (Å²) in [5, 5.41) is 9.33. The lowest BCUT2D eigenvalue weighted by molar-refractivity contribution is -0.126. The van der Waals surface area contributed by atoms with Crippen molar-refractivity contribution in [3.8, 4) is 0 Å². The maximum absolute atomic E-state index is 12.8. The van der Waals surface area contributed by atoms with Crippen LogP contribution in [-0.4, -0.2) is 74.3 Å². The number of hydrogen-bond acceptors (Lipinski definition) is 6. The van der Waals surface area contributed by atoms with E-state index in [0.717, 1.165) is 48.5 Å². The SMILES string of the molecule is C=C(F)CC.C=CC(=C)/C(=C\C=C(/C)NC(c1csc2c1CCN(C(=O)/C=C/CN(C)CC)C2)N(C)C=NC)NCC(=C)/C=C\CC. The largest absolute Gasteiger partial charge is 0.381 e. The number of hydrogen-bond donors (Lipinski definition) is 2. The Morgan fingerprint density at radius 1 is 1.17 bits per heavy atom. The zero-order valence-electron chi connectivity index (χ0n) is 29.7. The van der Waals surface area contributed by atoms with Crippen LogP contribution in [0.25, 0.3) is 0 Å². The fourth-order valence-corrected chi connectivity index (χ4v) is 5.53. The van der Waals surface area contributed by atoms with Crippen LogP contribution in [0.1, 0.15) is 62.7 Å². The van der Waals surface area contributed by atoms with E-state index in [0.29, 0.717) is 26.1 Å². The molecule has 1 aromatic rings. The third-order valence-electron chi connectivity index (χ3n) is 7.44. The number of nitrogens with zero attached hydrogens (tertiary/aromatic N) is 4. The van der Waals surface area contributed by atoms with E-state index in [-0.39, 0.29) is 17.9 Å². The van der Waals surface area contributed by atoms with Gasteiger partial charge in [0.2, 0.25) is 5.91 Å². The van der Waals surface area contributed by atoms with E-state index in [1.165, 1.54) is 16.0 Å². The molecule has 2 N–H and O–H groups in total. The maximum atomic E-state index is 12.8. The first kappa shape index (κ1) is 41.1. The Balaban J connectivity index is 0.00000204. The number of likely N-dealkylation sites (N-methyl/N-ethyl adjacent to an activating group) is 1. The Labute approximate surface area is 288 Å². The first-order valence-electron chi connectivity index (χ1n) is 16.2. The van der Waals surface area contributed by atoms with Gasteiger partial charge in [-0.05, 0) is 74.0 Å². The monoisotopic (exact) mass is 664 g/mol. The number of thiophene rings is 1. The Morgan fingerprint density at radius 2 is 1.87 bits per heavy atom. The topological polar surface area (TPSA) is 63.2 Å². The van der Waals surface area contributed by atoms with Gasteiger partial charge in [-0.3, -0.25) is 9.79 Å². The Morgan fingerprint density at radius 3 is 2.47 bits per heavy atom. The smallest absolute Gasteiger partial charge is 0.246 e. The van der Waals surface area contributed by atoms with Gasteiger partial charge in [0.1, 0.15) is 6.17 Å².